The molecule has 2 heterocycles. The SMILES string of the molecule is O=C(c1ccccc1)C(O)[C@H]1O[C@@H]([C@@]2(O)[C@@H](OCc3ccccc3)O[C@H](C(O)Cc3ccccc3)[C@](O)(Cc3ccccc3)[C@@]2(O)Cc2ccccc2)[C@](O)(C(=O)c2ccccc2)[C@@H](O)[C@@]1(O)C(=O)c1ccccc1. The number of ether oxygens (including phenoxy) is 3. The third-order valence-corrected chi connectivity index (χ3v) is 14.7. The van der Waals surface area contributed by atoms with Crippen LogP contribution < -0.4 is 0 Å². The van der Waals surface area contributed by atoms with E-state index >= 15 is 9.59 Å². The van der Waals surface area contributed by atoms with Crippen LogP contribution in [-0.2, 0) is 40.1 Å². The van der Waals surface area contributed by atoms with Gasteiger partial charge < -0.3 is 55.1 Å². The van der Waals surface area contributed by atoms with E-state index in [9.17, 15) is 45.6 Å². The molecule has 0 radical (unpaired) electrons. The summed E-state index contributed by atoms with van der Waals surface area (Å²) in [5.41, 5.74) is -16.7. The molecular formula is C61H58O14. The summed E-state index contributed by atoms with van der Waals surface area (Å²) in [6.07, 6.45) is -19.2. The van der Waals surface area contributed by atoms with Crippen LogP contribution in [0.1, 0.15) is 53.3 Å². The molecule has 7 aromatic carbocycles. The van der Waals surface area contributed by atoms with E-state index in [0.29, 0.717) is 16.7 Å². The third-order valence-electron chi connectivity index (χ3n) is 14.7. The first-order valence-electron chi connectivity index (χ1n) is 24.6. The van der Waals surface area contributed by atoms with Gasteiger partial charge in [0.05, 0.1) is 12.7 Å². The molecule has 75 heavy (non-hydrogen) atoms. The summed E-state index contributed by atoms with van der Waals surface area (Å²) < 4.78 is 19.9. The van der Waals surface area contributed by atoms with Gasteiger partial charge >= 0.3 is 0 Å². The summed E-state index contributed by atoms with van der Waals surface area (Å²) in [5, 5.41) is 109. The van der Waals surface area contributed by atoms with Crippen molar-refractivity contribution in [2.24, 2.45) is 0 Å². The number of benzene rings is 7. The minimum atomic E-state index is -3.84. The minimum absolute atomic E-state index is 0.160. The molecule has 9 rings (SSSR count). The summed E-state index contributed by atoms with van der Waals surface area (Å²) in [5.74, 6) is -4.08. The van der Waals surface area contributed by atoms with E-state index in [-0.39, 0.29) is 28.7 Å². The Kier molecular flexibility index (Phi) is 15.4. The van der Waals surface area contributed by atoms with Crippen LogP contribution in [0.3, 0.4) is 0 Å². The molecule has 0 saturated carbocycles. The Balaban J connectivity index is 1.35. The second-order valence-corrected chi connectivity index (χ2v) is 19.4. The molecule has 0 bridgehead atoms. The molecule has 2 fully saturated rings. The quantitative estimate of drug-likeness (QED) is 0.0539. The lowest BCUT2D eigenvalue weighted by Gasteiger charge is -2.66. The molecule has 0 aliphatic carbocycles. The number of carbonyl (C=O) groups is 3. The molecule has 7 aromatic rings. The molecule has 14 nitrogen and oxygen atoms in total. The molecule has 12 atom stereocenters. The molecule has 14 heteroatoms. The molecule has 2 unspecified atom stereocenters. The van der Waals surface area contributed by atoms with Crippen LogP contribution in [0.2, 0.25) is 0 Å². The van der Waals surface area contributed by atoms with Gasteiger partial charge in [-0.25, -0.2) is 0 Å². The Morgan fingerprint density at radius 2 is 0.880 bits per heavy atom. The second kappa shape index (κ2) is 21.8. The average Bonchev–Trinajstić information content (AvgIpc) is 3.52. The van der Waals surface area contributed by atoms with Crippen LogP contribution in [0.15, 0.2) is 212 Å². The summed E-state index contributed by atoms with van der Waals surface area (Å²) >= 11 is 0. The lowest BCUT2D eigenvalue weighted by Crippen LogP contribution is -2.91. The molecule has 2 saturated heterocycles. The number of aliphatic hydroxyl groups excluding tert-OH is 3. The summed E-state index contributed by atoms with van der Waals surface area (Å²) in [4.78, 5) is 45.3. The van der Waals surface area contributed by atoms with Gasteiger partial charge in [-0.3, -0.25) is 14.4 Å². The van der Waals surface area contributed by atoms with Crippen molar-refractivity contribution in [3.8, 4) is 0 Å². The van der Waals surface area contributed by atoms with Crippen molar-refractivity contribution in [2.75, 3.05) is 0 Å². The van der Waals surface area contributed by atoms with Gasteiger partial charge in [0.1, 0.15) is 41.7 Å². The Morgan fingerprint density at radius 1 is 0.480 bits per heavy atom. The van der Waals surface area contributed by atoms with Crippen molar-refractivity contribution in [3.05, 3.63) is 251 Å². The first-order chi connectivity index (χ1) is 36.1. The van der Waals surface area contributed by atoms with Crippen LogP contribution in [0.5, 0.6) is 0 Å². The lowest BCUT2D eigenvalue weighted by molar-refractivity contribution is -0.447. The molecule has 2 aliphatic heterocycles. The Morgan fingerprint density at radius 3 is 1.36 bits per heavy atom. The largest absolute Gasteiger partial charge is 0.390 e. The summed E-state index contributed by atoms with van der Waals surface area (Å²) in [7, 11) is 0. The fraction of sp³-hybridized carbons (Fsp3) is 0.262. The zero-order valence-corrected chi connectivity index (χ0v) is 40.6. The van der Waals surface area contributed by atoms with Gasteiger partial charge in [-0.15, -0.1) is 0 Å². The van der Waals surface area contributed by atoms with Crippen molar-refractivity contribution < 1.29 is 69.4 Å². The highest BCUT2D eigenvalue weighted by molar-refractivity contribution is 6.09. The van der Waals surface area contributed by atoms with Crippen molar-refractivity contribution >= 4 is 17.3 Å². The Bertz CT molecular complexity index is 3030. The highest BCUT2D eigenvalue weighted by Crippen LogP contribution is 2.56. The Labute approximate surface area is 433 Å². The van der Waals surface area contributed by atoms with Gasteiger partial charge in [0.25, 0.3) is 0 Å². The predicted octanol–water partition coefficient (Wildman–Crippen LogP) is 4.81. The molecule has 2 aliphatic rings. The second-order valence-electron chi connectivity index (χ2n) is 19.4. The fourth-order valence-electron chi connectivity index (χ4n) is 10.9. The standard InChI is InChI=1S/C61H58O14/c62-47(36-40-22-8-1-9-23-40)52-57(68,37-41-24-10-2-11-25-41)58(69,38-42-26-12-3-13-27-42)61(72,56(75-52)73-39-43-28-14-4-15-29-43)55-60(71,51(66)46-34-20-7-21-35-46)54(67)59(70,50(65)45-32-18-6-19-33-45)53(74-55)49(64)48(63)44-30-16-5-17-31-44/h1-35,47,49,52-56,62,64,67-72H,36-39H2/t47?,49?,52-,53-,54+,55-,56+,57-,58+,59-,60+,61-/m1/s1. The van der Waals surface area contributed by atoms with E-state index in [1.165, 1.54) is 72.8 Å². The topological polar surface area (TPSA) is 241 Å². The first-order valence-corrected chi connectivity index (χ1v) is 24.6. The lowest BCUT2D eigenvalue weighted by atomic mass is 9.54. The normalized spacial score (nSPS) is 29.4. The maximum absolute atomic E-state index is 15.7. The van der Waals surface area contributed by atoms with E-state index in [4.69, 9.17) is 14.2 Å². The first kappa shape index (κ1) is 53.0. The third kappa shape index (κ3) is 9.60. The van der Waals surface area contributed by atoms with E-state index in [1.54, 1.807) is 140 Å². The van der Waals surface area contributed by atoms with Gasteiger partial charge in [0.15, 0.2) is 40.4 Å². The molecule has 0 spiro atoms. The summed E-state index contributed by atoms with van der Waals surface area (Å²) in [6, 6.07) is 54.4. The zero-order valence-electron chi connectivity index (χ0n) is 40.6. The fourth-order valence-corrected chi connectivity index (χ4v) is 10.9. The van der Waals surface area contributed by atoms with Crippen LogP contribution in [-0.4, -0.2) is 129 Å². The van der Waals surface area contributed by atoms with Crippen molar-refractivity contribution in [1.29, 1.82) is 0 Å². The van der Waals surface area contributed by atoms with Crippen LogP contribution >= 0.6 is 0 Å². The molecule has 0 amide bonds. The molecular weight excluding hydrogens is 957 g/mol. The number of Topliss-reactive ketones (excluding diaryl/α,β-unsaturated/α-hetero) is 3. The summed E-state index contributed by atoms with van der Waals surface area (Å²) in [6.45, 7) is -0.455. The molecule has 386 valence electrons. The van der Waals surface area contributed by atoms with Crippen LogP contribution in [0.4, 0.5) is 0 Å². The van der Waals surface area contributed by atoms with Gasteiger partial charge in [0, 0.05) is 36.0 Å². The van der Waals surface area contributed by atoms with E-state index in [2.05, 4.69) is 0 Å². The van der Waals surface area contributed by atoms with Gasteiger partial charge in [-0.1, -0.05) is 212 Å². The number of ketones is 3. The highest BCUT2D eigenvalue weighted by Gasteiger charge is 2.82. The number of carbonyl (C=O) groups excluding carboxylic acids is 3. The van der Waals surface area contributed by atoms with Crippen LogP contribution in [0.25, 0.3) is 0 Å². The number of hydrogen-bond acceptors (Lipinski definition) is 14. The van der Waals surface area contributed by atoms with Crippen LogP contribution in [0, 0.1) is 0 Å². The van der Waals surface area contributed by atoms with E-state index in [0.717, 1.165) is 0 Å². The van der Waals surface area contributed by atoms with Gasteiger partial charge in [0.2, 0.25) is 0 Å². The Hall–Kier alpha value is -6.89. The van der Waals surface area contributed by atoms with E-state index in [1.807, 2.05) is 0 Å². The predicted molar refractivity (Wildman–Crippen MR) is 274 cm³/mol. The number of hydrogen-bond donors (Lipinski definition) is 8. The molecule has 8 N–H and O–H groups in total. The number of aliphatic hydroxyl groups is 8. The van der Waals surface area contributed by atoms with Crippen molar-refractivity contribution in [1.82, 2.24) is 0 Å². The number of rotatable bonds is 18. The van der Waals surface area contributed by atoms with Gasteiger partial charge in [-0.2, -0.15) is 0 Å². The smallest absolute Gasteiger partial charge is 0.200 e. The molecule has 0 aromatic heterocycles. The average molecular weight is 1020 g/mol. The monoisotopic (exact) mass is 1010 g/mol. The highest BCUT2D eigenvalue weighted by atomic mass is 16.7. The van der Waals surface area contributed by atoms with Crippen molar-refractivity contribution in [2.45, 2.75) is 96.8 Å². The zero-order chi connectivity index (χ0) is 53.0. The maximum Gasteiger partial charge on any atom is 0.200 e. The maximum atomic E-state index is 15.7. The van der Waals surface area contributed by atoms with E-state index < -0.39 is 108 Å². The van der Waals surface area contributed by atoms with Gasteiger partial charge in [-0.05, 0) is 22.3 Å². The van der Waals surface area contributed by atoms with Crippen molar-refractivity contribution in [3.63, 3.8) is 0 Å². The minimum Gasteiger partial charge on any atom is -0.390 e.